The van der Waals surface area contributed by atoms with Crippen LogP contribution in [-0.4, -0.2) is 43.4 Å². The van der Waals surface area contributed by atoms with Crippen LogP contribution in [0.1, 0.15) is 32.6 Å². The Balaban J connectivity index is 2.06. The van der Waals surface area contributed by atoms with Gasteiger partial charge in [-0.3, -0.25) is 14.5 Å². The summed E-state index contributed by atoms with van der Waals surface area (Å²) in [5.41, 5.74) is 0. The molecule has 1 fully saturated rings. The topological polar surface area (TPSA) is 46.6 Å². The van der Waals surface area contributed by atoms with Crippen LogP contribution < -0.4 is 0 Å². The number of hydrogen-bond donors (Lipinski definition) is 0. The summed E-state index contributed by atoms with van der Waals surface area (Å²) in [6.45, 7) is 3.61. The van der Waals surface area contributed by atoms with Crippen molar-refractivity contribution >= 4 is 11.8 Å². The molecule has 1 saturated carbocycles. The predicted octanol–water partition coefficient (Wildman–Crippen LogP) is 1.24. The van der Waals surface area contributed by atoms with Gasteiger partial charge in [-0.25, -0.2) is 0 Å². The number of Topliss-reactive ketones (excluding diaryl/α,β-unsaturated/α-hetero) is 1. The molecule has 0 aromatic rings. The van der Waals surface area contributed by atoms with Gasteiger partial charge in [0.05, 0.1) is 19.6 Å². The van der Waals surface area contributed by atoms with Crippen molar-refractivity contribution in [1.82, 2.24) is 4.90 Å². The largest absolute Gasteiger partial charge is 0.466 e. The van der Waals surface area contributed by atoms with Gasteiger partial charge in [-0.1, -0.05) is 0 Å². The molecule has 0 spiro atoms. The minimum atomic E-state index is -0.277. The van der Waals surface area contributed by atoms with Crippen LogP contribution in [0, 0.1) is 5.92 Å². The molecule has 0 unspecified atom stereocenters. The van der Waals surface area contributed by atoms with Crippen molar-refractivity contribution in [2.24, 2.45) is 5.92 Å². The zero-order valence-electron chi connectivity index (χ0n) is 10.2. The number of ether oxygens (including phenoxy) is 1. The first-order chi connectivity index (χ1) is 7.61. The first kappa shape index (κ1) is 13.2. The number of esters is 1. The summed E-state index contributed by atoms with van der Waals surface area (Å²) in [5.74, 6) is 0.639. The van der Waals surface area contributed by atoms with E-state index in [1.807, 2.05) is 11.9 Å². The summed E-state index contributed by atoms with van der Waals surface area (Å²) in [7, 11) is 1.96. The third kappa shape index (κ3) is 5.85. The van der Waals surface area contributed by atoms with Gasteiger partial charge in [-0.15, -0.1) is 0 Å². The van der Waals surface area contributed by atoms with Crippen molar-refractivity contribution < 1.29 is 14.3 Å². The molecule has 0 aromatic heterocycles. The lowest BCUT2D eigenvalue weighted by Gasteiger charge is -2.14. The molecule has 0 heterocycles. The fraction of sp³-hybridized carbons (Fsp3) is 0.833. The fourth-order valence-corrected chi connectivity index (χ4v) is 1.66. The van der Waals surface area contributed by atoms with Gasteiger partial charge in [-0.2, -0.15) is 0 Å². The van der Waals surface area contributed by atoms with Crippen LogP contribution in [0.5, 0.6) is 0 Å². The Morgan fingerprint density at radius 1 is 1.31 bits per heavy atom. The maximum Gasteiger partial charge on any atom is 0.306 e. The molecule has 4 heteroatoms. The highest BCUT2D eigenvalue weighted by Gasteiger charge is 2.23. The van der Waals surface area contributed by atoms with E-state index in [2.05, 4.69) is 0 Å². The zero-order valence-corrected chi connectivity index (χ0v) is 10.2. The summed E-state index contributed by atoms with van der Waals surface area (Å²) >= 11 is 0. The summed E-state index contributed by atoms with van der Waals surface area (Å²) in [6.07, 6.45) is 3.10. The minimum absolute atomic E-state index is 0.121. The van der Waals surface area contributed by atoms with Gasteiger partial charge in [0.15, 0.2) is 0 Å². The SMILES string of the molecule is CCOC(=O)CCC(=O)CN(C)CC1CC1. The van der Waals surface area contributed by atoms with Crippen LogP contribution in [-0.2, 0) is 14.3 Å². The Labute approximate surface area is 96.9 Å². The number of hydrogen-bond acceptors (Lipinski definition) is 4. The Morgan fingerprint density at radius 2 is 2.00 bits per heavy atom. The van der Waals surface area contributed by atoms with Crippen LogP contribution in [0.15, 0.2) is 0 Å². The van der Waals surface area contributed by atoms with Crippen LogP contribution in [0.25, 0.3) is 0 Å². The molecule has 92 valence electrons. The summed E-state index contributed by atoms with van der Waals surface area (Å²) in [4.78, 5) is 24.6. The van der Waals surface area contributed by atoms with Crippen molar-refractivity contribution in [3.63, 3.8) is 0 Å². The van der Waals surface area contributed by atoms with E-state index in [1.165, 1.54) is 12.8 Å². The smallest absolute Gasteiger partial charge is 0.306 e. The van der Waals surface area contributed by atoms with Crippen LogP contribution in [0.2, 0.25) is 0 Å². The van der Waals surface area contributed by atoms with Gasteiger partial charge in [0.2, 0.25) is 0 Å². The van der Waals surface area contributed by atoms with Gasteiger partial charge in [0, 0.05) is 13.0 Å². The molecule has 0 saturated heterocycles. The lowest BCUT2D eigenvalue weighted by molar-refractivity contribution is -0.144. The average molecular weight is 227 g/mol. The van der Waals surface area contributed by atoms with Gasteiger partial charge >= 0.3 is 5.97 Å². The standard InChI is InChI=1S/C12H21NO3/c1-3-16-12(15)7-6-11(14)9-13(2)8-10-4-5-10/h10H,3-9H2,1-2H3. The first-order valence-electron chi connectivity index (χ1n) is 5.97. The molecule has 1 aliphatic rings. The first-order valence-corrected chi connectivity index (χ1v) is 5.97. The second kappa shape index (κ2) is 6.63. The van der Waals surface area contributed by atoms with Crippen LogP contribution >= 0.6 is 0 Å². The number of carbonyl (C=O) groups excluding carboxylic acids is 2. The van der Waals surface area contributed by atoms with Crippen molar-refractivity contribution in [2.75, 3.05) is 26.7 Å². The molecule has 1 aliphatic carbocycles. The van der Waals surface area contributed by atoms with Crippen molar-refractivity contribution in [3.8, 4) is 0 Å². The predicted molar refractivity (Wildman–Crippen MR) is 61.1 cm³/mol. The van der Waals surface area contributed by atoms with Gasteiger partial charge in [-0.05, 0) is 32.7 Å². The molecule has 1 rings (SSSR count). The van der Waals surface area contributed by atoms with E-state index < -0.39 is 0 Å². The molecule has 4 nitrogen and oxygen atoms in total. The average Bonchev–Trinajstić information content (AvgIpc) is 2.99. The molecule has 0 aromatic carbocycles. The molecule has 0 bridgehead atoms. The maximum atomic E-state index is 11.5. The van der Waals surface area contributed by atoms with Crippen molar-refractivity contribution in [1.29, 1.82) is 0 Å². The molecule has 0 radical (unpaired) electrons. The van der Waals surface area contributed by atoms with Gasteiger partial charge < -0.3 is 4.74 Å². The highest BCUT2D eigenvalue weighted by atomic mass is 16.5. The second-order valence-corrected chi connectivity index (χ2v) is 4.48. The molecule has 0 aliphatic heterocycles. The normalized spacial score (nSPS) is 15.2. The van der Waals surface area contributed by atoms with Gasteiger partial charge in [0.1, 0.15) is 5.78 Å². The summed E-state index contributed by atoms with van der Waals surface area (Å²) in [6, 6.07) is 0. The van der Waals surface area contributed by atoms with E-state index in [1.54, 1.807) is 6.92 Å². The number of carbonyl (C=O) groups is 2. The van der Waals surface area contributed by atoms with E-state index in [9.17, 15) is 9.59 Å². The zero-order chi connectivity index (χ0) is 12.0. The Kier molecular flexibility index (Phi) is 5.46. The van der Waals surface area contributed by atoms with E-state index in [4.69, 9.17) is 4.74 Å². The molecule has 16 heavy (non-hydrogen) atoms. The van der Waals surface area contributed by atoms with Crippen LogP contribution in [0.3, 0.4) is 0 Å². The quantitative estimate of drug-likeness (QED) is 0.585. The molecule has 0 atom stereocenters. The lowest BCUT2D eigenvalue weighted by Crippen LogP contribution is -2.28. The highest BCUT2D eigenvalue weighted by molar-refractivity contribution is 5.84. The third-order valence-corrected chi connectivity index (χ3v) is 2.63. The summed E-state index contributed by atoms with van der Waals surface area (Å²) in [5, 5.41) is 0. The number of likely N-dealkylation sites (N-methyl/N-ethyl adjacent to an activating group) is 1. The molecule has 0 N–H and O–H groups in total. The van der Waals surface area contributed by atoms with Gasteiger partial charge in [0.25, 0.3) is 0 Å². The lowest BCUT2D eigenvalue weighted by atomic mass is 10.2. The molecular weight excluding hydrogens is 206 g/mol. The fourth-order valence-electron chi connectivity index (χ4n) is 1.66. The highest BCUT2D eigenvalue weighted by Crippen LogP contribution is 2.29. The monoisotopic (exact) mass is 227 g/mol. The van der Waals surface area contributed by atoms with Crippen molar-refractivity contribution in [3.05, 3.63) is 0 Å². The molecule has 0 amide bonds. The third-order valence-electron chi connectivity index (χ3n) is 2.63. The maximum absolute atomic E-state index is 11.5. The Bertz CT molecular complexity index is 249. The Hall–Kier alpha value is -0.900. The number of ketones is 1. The van der Waals surface area contributed by atoms with Crippen molar-refractivity contribution in [2.45, 2.75) is 32.6 Å². The number of nitrogens with zero attached hydrogens (tertiary/aromatic N) is 1. The van der Waals surface area contributed by atoms with E-state index >= 15 is 0 Å². The molecular formula is C12H21NO3. The number of rotatable bonds is 8. The van der Waals surface area contributed by atoms with Crippen LogP contribution in [0.4, 0.5) is 0 Å². The summed E-state index contributed by atoms with van der Waals surface area (Å²) < 4.78 is 4.77. The van der Waals surface area contributed by atoms with E-state index in [0.717, 1.165) is 12.5 Å². The van der Waals surface area contributed by atoms with E-state index in [0.29, 0.717) is 19.6 Å². The second-order valence-electron chi connectivity index (χ2n) is 4.48. The van der Waals surface area contributed by atoms with E-state index in [-0.39, 0.29) is 18.2 Å². The Morgan fingerprint density at radius 3 is 2.56 bits per heavy atom. The minimum Gasteiger partial charge on any atom is -0.466 e.